The first kappa shape index (κ1) is 15.2. The molecule has 0 aromatic heterocycles. The molecule has 1 aliphatic rings. The van der Waals surface area contributed by atoms with E-state index in [0.29, 0.717) is 0 Å². The Labute approximate surface area is 112 Å². The summed E-state index contributed by atoms with van der Waals surface area (Å²) in [7, 11) is 0. The van der Waals surface area contributed by atoms with Crippen molar-refractivity contribution in [3.05, 3.63) is 34.9 Å². The van der Waals surface area contributed by atoms with Gasteiger partial charge in [0.15, 0.2) is 0 Å². The maximum atomic E-state index is 9.92. The fourth-order valence-electron chi connectivity index (χ4n) is 2.38. The van der Waals surface area contributed by atoms with E-state index in [1.807, 2.05) is 6.08 Å². The molecule has 0 spiro atoms. The lowest BCUT2D eigenvalue weighted by molar-refractivity contribution is 0.208. The Hall–Kier alpha value is -0.820. The average molecular weight is 248 g/mol. The zero-order valence-corrected chi connectivity index (χ0v) is 12.2. The maximum Gasteiger partial charge on any atom is 0.0723 e. The van der Waals surface area contributed by atoms with Gasteiger partial charge in [-0.1, -0.05) is 34.9 Å². The van der Waals surface area contributed by atoms with E-state index < -0.39 is 0 Å². The van der Waals surface area contributed by atoms with Crippen LogP contribution in [0.3, 0.4) is 0 Å². The molecule has 0 aliphatic heterocycles. The topological polar surface area (TPSA) is 20.2 Å². The second kappa shape index (κ2) is 8.31. The van der Waals surface area contributed by atoms with E-state index in [2.05, 4.69) is 32.9 Å². The fraction of sp³-hybridized carbons (Fsp3) is 0.647. The predicted molar refractivity (Wildman–Crippen MR) is 79.6 cm³/mol. The van der Waals surface area contributed by atoms with Crippen LogP contribution < -0.4 is 0 Å². The molecule has 1 nitrogen and oxygen atoms in total. The lowest BCUT2D eigenvalue weighted by Gasteiger charge is -2.09. The number of rotatable bonds is 0. The van der Waals surface area contributed by atoms with Gasteiger partial charge in [-0.15, -0.1) is 0 Å². The number of aliphatic hydroxyl groups excluding tert-OH is 1. The summed E-state index contributed by atoms with van der Waals surface area (Å²) in [6.45, 7) is 6.56. The van der Waals surface area contributed by atoms with Crippen LogP contribution in [0.1, 0.15) is 65.7 Å². The highest BCUT2D eigenvalue weighted by Crippen LogP contribution is 2.16. The van der Waals surface area contributed by atoms with Gasteiger partial charge in [0, 0.05) is 0 Å². The normalized spacial score (nSPS) is 33.3. The molecule has 0 fully saturated rings. The third kappa shape index (κ3) is 6.80. The molecule has 0 bridgehead atoms. The number of hydrogen-bond donors (Lipinski definition) is 1. The molecule has 1 atom stereocenters. The summed E-state index contributed by atoms with van der Waals surface area (Å²) in [5.41, 5.74) is 4.27. The van der Waals surface area contributed by atoms with Crippen LogP contribution in [0.5, 0.6) is 0 Å². The summed E-state index contributed by atoms with van der Waals surface area (Å²) < 4.78 is 0. The molecule has 0 heterocycles. The molecule has 0 radical (unpaired) electrons. The van der Waals surface area contributed by atoms with Gasteiger partial charge in [-0.2, -0.15) is 0 Å². The third-order valence-corrected chi connectivity index (χ3v) is 3.61. The highest BCUT2D eigenvalue weighted by atomic mass is 16.3. The zero-order chi connectivity index (χ0) is 13.4. The Morgan fingerprint density at radius 1 is 0.889 bits per heavy atom. The predicted octanol–water partition coefficient (Wildman–Crippen LogP) is 4.93. The molecule has 0 aromatic carbocycles. The molecule has 0 aromatic rings. The molecule has 1 N–H and O–H groups in total. The monoisotopic (exact) mass is 248 g/mol. The summed E-state index contributed by atoms with van der Waals surface area (Å²) in [6, 6.07) is 0. The van der Waals surface area contributed by atoms with E-state index >= 15 is 0 Å². The van der Waals surface area contributed by atoms with Gasteiger partial charge >= 0.3 is 0 Å². The van der Waals surface area contributed by atoms with Gasteiger partial charge in [0.05, 0.1) is 6.10 Å². The second-order valence-corrected chi connectivity index (χ2v) is 5.65. The molecule has 1 aliphatic carbocycles. The van der Waals surface area contributed by atoms with E-state index in [-0.39, 0.29) is 6.10 Å². The quantitative estimate of drug-likeness (QED) is 0.603. The summed E-state index contributed by atoms with van der Waals surface area (Å²) in [6.07, 6.45) is 14.1. The molecule has 0 saturated heterocycles. The summed E-state index contributed by atoms with van der Waals surface area (Å²) in [4.78, 5) is 0. The fourth-order valence-corrected chi connectivity index (χ4v) is 2.38. The van der Waals surface area contributed by atoms with Crippen molar-refractivity contribution in [2.45, 2.75) is 71.8 Å². The van der Waals surface area contributed by atoms with Crippen LogP contribution in [-0.4, -0.2) is 11.2 Å². The minimum Gasteiger partial charge on any atom is -0.389 e. The molecule has 102 valence electrons. The van der Waals surface area contributed by atoms with Crippen molar-refractivity contribution in [3.63, 3.8) is 0 Å². The lowest BCUT2D eigenvalue weighted by atomic mass is 10.0. The third-order valence-electron chi connectivity index (χ3n) is 3.61. The van der Waals surface area contributed by atoms with Crippen molar-refractivity contribution in [2.75, 3.05) is 0 Å². The van der Waals surface area contributed by atoms with Gasteiger partial charge in [0.1, 0.15) is 0 Å². The molecular formula is C17H28O. The van der Waals surface area contributed by atoms with E-state index in [9.17, 15) is 5.11 Å². The van der Waals surface area contributed by atoms with Crippen LogP contribution in [0.15, 0.2) is 34.9 Å². The highest BCUT2D eigenvalue weighted by Gasteiger charge is 2.02. The smallest absolute Gasteiger partial charge is 0.0723 e. The lowest BCUT2D eigenvalue weighted by Crippen LogP contribution is -2.03. The minimum atomic E-state index is -0.259. The molecular weight excluding hydrogens is 220 g/mol. The maximum absolute atomic E-state index is 9.92. The Bertz CT molecular complexity index is 334. The van der Waals surface area contributed by atoms with Crippen LogP contribution in [0.4, 0.5) is 0 Å². The van der Waals surface area contributed by atoms with Crippen molar-refractivity contribution in [2.24, 2.45) is 0 Å². The van der Waals surface area contributed by atoms with Crippen LogP contribution in [0.25, 0.3) is 0 Å². The minimum absolute atomic E-state index is 0.259. The second-order valence-electron chi connectivity index (χ2n) is 5.65. The molecule has 1 rings (SSSR count). The van der Waals surface area contributed by atoms with Crippen LogP contribution in [0.2, 0.25) is 0 Å². The van der Waals surface area contributed by atoms with Crippen molar-refractivity contribution in [3.8, 4) is 0 Å². The van der Waals surface area contributed by atoms with Crippen LogP contribution >= 0.6 is 0 Å². The van der Waals surface area contributed by atoms with Crippen molar-refractivity contribution in [1.29, 1.82) is 0 Å². The highest BCUT2D eigenvalue weighted by molar-refractivity contribution is 5.08. The van der Waals surface area contributed by atoms with Crippen LogP contribution in [0, 0.1) is 0 Å². The molecule has 1 unspecified atom stereocenters. The Kier molecular flexibility index (Phi) is 7.04. The first-order valence-electron chi connectivity index (χ1n) is 7.24. The van der Waals surface area contributed by atoms with Gasteiger partial charge in [0.2, 0.25) is 0 Å². The zero-order valence-electron chi connectivity index (χ0n) is 12.2. The van der Waals surface area contributed by atoms with E-state index in [0.717, 1.165) is 38.5 Å². The van der Waals surface area contributed by atoms with Crippen molar-refractivity contribution < 1.29 is 5.11 Å². The summed E-state index contributed by atoms with van der Waals surface area (Å²) in [5.74, 6) is 0. The van der Waals surface area contributed by atoms with Gasteiger partial charge < -0.3 is 5.11 Å². The Morgan fingerprint density at radius 2 is 1.44 bits per heavy atom. The molecule has 0 saturated carbocycles. The number of allylic oxidation sites excluding steroid dienone is 5. The van der Waals surface area contributed by atoms with E-state index in [1.54, 1.807) is 0 Å². The standard InChI is InChI=1S/C17H28O/c1-14-7-4-8-15(2)10-6-12-17(18)13-16(3)11-5-9-14/h8-9,13,17-18H,4-7,10-12H2,1-3H3/b14-9-,15-8-,16-13-. The van der Waals surface area contributed by atoms with Crippen LogP contribution in [-0.2, 0) is 0 Å². The molecule has 1 heteroatoms. The summed E-state index contributed by atoms with van der Waals surface area (Å²) in [5, 5.41) is 9.92. The van der Waals surface area contributed by atoms with Gasteiger partial charge in [0.25, 0.3) is 0 Å². The Balaban J connectivity index is 2.65. The SMILES string of the molecule is C/C1=C/CC/C(C)=C\C(O)CCC/C(C)=C\CC1. The van der Waals surface area contributed by atoms with Gasteiger partial charge in [-0.3, -0.25) is 0 Å². The average Bonchev–Trinajstić information content (AvgIpc) is 2.27. The Morgan fingerprint density at radius 3 is 2.11 bits per heavy atom. The first-order valence-corrected chi connectivity index (χ1v) is 7.24. The van der Waals surface area contributed by atoms with Gasteiger partial charge in [-0.25, -0.2) is 0 Å². The summed E-state index contributed by atoms with van der Waals surface area (Å²) >= 11 is 0. The van der Waals surface area contributed by atoms with E-state index in [1.165, 1.54) is 23.1 Å². The molecule has 0 amide bonds. The first-order chi connectivity index (χ1) is 8.58. The largest absolute Gasteiger partial charge is 0.389 e. The van der Waals surface area contributed by atoms with Crippen molar-refractivity contribution in [1.82, 2.24) is 0 Å². The molecule has 18 heavy (non-hydrogen) atoms. The number of aliphatic hydroxyl groups is 1. The van der Waals surface area contributed by atoms with E-state index in [4.69, 9.17) is 0 Å². The number of hydrogen-bond acceptors (Lipinski definition) is 1. The van der Waals surface area contributed by atoms with Gasteiger partial charge in [-0.05, 0) is 65.7 Å². The van der Waals surface area contributed by atoms with Crippen molar-refractivity contribution >= 4 is 0 Å².